The van der Waals surface area contributed by atoms with E-state index in [4.69, 9.17) is 0 Å². The van der Waals surface area contributed by atoms with E-state index < -0.39 is 35.6 Å². The van der Waals surface area contributed by atoms with E-state index in [0.717, 1.165) is 17.0 Å². The highest BCUT2D eigenvalue weighted by atomic mass is 35.5. The van der Waals surface area contributed by atoms with E-state index in [0.29, 0.717) is 24.3 Å². The highest BCUT2D eigenvalue weighted by Crippen LogP contribution is 2.33. The van der Waals surface area contributed by atoms with Gasteiger partial charge in [0.2, 0.25) is 11.8 Å². The summed E-state index contributed by atoms with van der Waals surface area (Å²) in [5, 5.41) is 2.81. The summed E-state index contributed by atoms with van der Waals surface area (Å²) in [5.74, 6) is -1.25. The number of amides is 3. The fourth-order valence-electron chi connectivity index (χ4n) is 4.42. The Kier molecular flexibility index (Phi) is 8.07. The summed E-state index contributed by atoms with van der Waals surface area (Å²) in [4.78, 5) is 43.6. The van der Waals surface area contributed by atoms with Crippen molar-refractivity contribution in [1.29, 1.82) is 0 Å². The lowest BCUT2D eigenvalue weighted by atomic mass is 10.0. The lowest BCUT2D eigenvalue weighted by molar-refractivity contribution is -0.151. The highest BCUT2D eigenvalue weighted by Gasteiger charge is 2.46. The molecule has 0 spiro atoms. The SMILES string of the molecule is CNC1CC(=O)N(C(C(=O)N2CCN(c3cccc(C(F)(F)F)c3)CC2)c2ccccc2)C1=O.Cl. The first-order chi connectivity index (χ1) is 16.2. The van der Waals surface area contributed by atoms with Gasteiger partial charge >= 0.3 is 6.18 Å². The minimum absolute atomic E-state index is 0. The third-order valence-electron chi connectivity index (χ3n) is 6.27. The number of likely N-dealkylation sites (tertiary alicyclic amines) is 1. The maximum atomic E-state index is 13.6. The predicted octanol–water partition coefficient (Wildman–Crippen LogP) is 2.86. The van der Waals surface area contributed by atoms with Crippen molar-refractivity contribution < 1.29 is 27.6 Å². The molecular weight excluding hydrogens is 485 g/mol. The smallest absolute Gasteiger partial charge is 0.368 e. The summed E-state index contributed by atoms with van der Waals surface area (Å²) in [6.07, 6.45) is -4.45. The van der Waals surface area contributed by atoms with E-state index in [1.165, 1.54) is 6.07 Å². The molecule has 2 unspecified atom stereocenters. The quantitative estimate of drug-likeness (QED) is 0.626. The Morgan fingerprint density at radius 1 is 1.00 bits per heavy atom. The average Bonchev–Trinajstić information content (AvgIpc) is 3.13. The number of nitrogens with one attached hydrogen (secondary N) is 1. The molecule has 2 saturated heterocycles. The molecule has 0 saturated carbocycles. The number of halogens is 4. The van der Waals surface area contributed by atoms with Gasteiger partial charge in [-0.1, -0.05) is 36.4 Å². The number of carbonyl (C=O) groups excluding carboxylic acids is 3. The van der Waals surface area contributed by atoms with Crippen molar-refractivity contribution in [3.8, 4) is 0 Å². The lowest BCUT2D eigenvalue weighted by Crippen LogP contribution is -2.53. The Bertz CT molecular complexity index is 1080. The maximum absolute atomic E-state index is 13.6. The fraction of sp³-hybridized carbons (Fsp3) is 0.375. The third kappa shape index (κ3) is 5.43. The van der Waals surface area contributed by atoms with Crippen LogP contribution in [0.3, 0.4) is 0 Å². The van der Waals surface area contributed by atoms with Gasteiger partial charge in [0.25, 0.3) is 5.91 Å². The molecule has 7 nitrogen and oxygen atoms in total. The second-order valence-corrected chi connectivity index (χ2v) is 8.32. The van der Waals surface area contributed by atoms with E-state index in [-0.39, 0.29) is 37.8 Å². The summed E-state index contributed by atoms with van der Waals surface area (Å²) in [6, 6.07) is 12.0. The number of piperazine rings is 1. The number of rotatable bonds is 5. The zero-order valence-corrected chi connectivity index (χ0v) is 19.8. The molecule has 2 heterocycles. The average molecular weight is 511 g/mol. The summed E-state index contributed by atoms with van der Waals surface area (Å²) in [6.45, 7) is 1.17. The Morgan fingerprint density at radius 3 is 2.23 bits per heavy atom. The number of anilines is 1. The molecule has 1 N–H and O–H groups in total. The number of likely N-dealkylation sites (N-methyl/N-ethyl adjacent to an activating group) is 1. The molecule has 188 valence electrons. The van der Waals surface area contributed by atoms with E-state index >= 15 is 0 Å². The zero-order valence-electron chi connectivity index (χ0n) is 19.0. The Hall–Kier alpha value is -3.11. The monoisotopic (exact) mass is 510 g/mol. The number of hydrogen-bond acceptors (Lipinski definition) is 5. The van der Waals surface area contributed by atoms with Gasteiger partial charge in [-0.05, 0) is 30.8 Å². The van der Waals surface area contributed by atoms with Crippen molar-refractivity contribution in [3.05, 3.63) is 65.7 Å². The van der Waals surface area contributed by atoms with E-state index in [9.17, 15) is 27.6 Å². The van der Waals surface area contributed by atoms with Gasteiger partial charge in [0, 0.05) is 31.9 Å². The zero-order chi connectivity index (χ0) is 24.5. The maximum Gasteiger partial charge on any atom is 0.416 e. The molecule has 0 aromatic heterocycles. The number of carbonyl (C=O) groups is 3. The van der Waals surface area contributed by atoms with Crippen LogP contribution in [-0.4, -0.2) is 66.8 Å². The first kappa shape index (κ1) is 26.5. The highest BCUT2D eigenvalue weighted by molar-refractivity contribution is 6.08. The van der Waals surface area contributed by atoms with Gasteiger partial charge in [-0.25, -0.2) is 0 Å². The van der Waals surface area contributed by atoms with Gasteiger partial charge in [0.05, 0.1) is 18.0 Å². The first-order valence-corrected chi connectivity index (χ1v) is 11.0. The van der Waals surface area contributed by atoms with Crippen LogP contribution in [0.4, 0.5) is 18.9 Å². The molecule has 0 radical (unpaired) electrons. The van der Waals surface area contributed by atoms with E-state index in [1.807, 2.05) is 0 Å². The molecule has 2 aliphatic heterocycles. The molecule has 3 amide bonds. The largest absolute Gasteiger partial charge is 0.416 e. The Morgan fingerprint density at radius 2 is 1.66 bits per heavy atom. The van der Waals surface area contributed by atoms with Crippen LogP contribution in [0, 0.1) is 0 Å². The molecule has 2 aromatic rings. The molecule has 4 rings (SSSR count). The molecule has 2 fully saturated rings. The van der Waals surface area contributed by atoms with Crippen molar-refractivity contribution in [2.45, 2.75) is 24.7 Å². The van der Waals surface area contributed by atoms with Crippen molar-refractivity contribution >= 4 is 35.8 Å². The number of hydrogen-bond donors (Lipinski definition) is 1. The van der Waals surface area contributed by atoms with Crippen molar-refractivity contribution in [3.63, 3.8) is 0 Å². The third-order valence-corrected chi connectivity index (χ3v) is 6.27. The summed E-state index contributed by atoms with van der Waals surface area (Å²) >= 11 is 0. The van der Waals surface area contributed by atoms with Crippen LogP contribution in [0.1, 0.15) is 23.6 Å². The Balaban J connectivity index is 0.00000342. The molecule has 2 aliphatic rings. The number of benzene rings is 2. The molecule has 2 atom stereocenters. The van der Waals surface area contributed by atoms with Crippen LogP contribution in [-0.2, 0) is 20.6 Å². The second-order valence-electron chi connectivity index (χ2n) is 8.32. The number of imide groups is 1. The van der Waals surface area contributed by atoms with Crippen LogP contribution < -0.4 is 10.2 Å². The van der Waals surface area contributed by atoms with Gasteiger partial charge in [0.15, 0.2) is 0 Å². The van der Waals surface area contributed by atoms with Gasteiger partial charge < -0.3 is 15.1 Å². The summed E-state index contributed by atoms with van der Waals surface area (Å²) in [7, 11) is 1.59. The van der Waals surface area contributed by atoms with Gasteiger partial charge in [-0.2, -0.15) is 13.2 Å². The van der Waals surface area contributed by atoms with Crippen LogP contribution in [0.15, 0.2) is 54.6 Å². The molecule has 0 bridgehead atoms. The van der Waals surface area contributed by atoms with Gasteiger partial charge in [-0.3, -0.25) is 19.3 Å². The molecule has 2 aromatic carbocycles. The van der Waals surface area contributed by atoms with Crippen molar-refractivity contribution in [2.75, 3.05) is 38.1 Å². The van der Waals surface area contributed by atoms with E-state index in [1.54, 1.807) is 53.2 Å². The lowest BCUT2D eigenvalue weighted by Gasteiger charge is -2.39. The normalized spacial score (nSPS) is 19.5. The van der Waals surface area contributed by atoms with E-state index in [2.05, 4.69) is 5.32 Å². The van der Waals surface area contributed by atoms with Crippen molar-refractivity contribution in [2.24, 2.45) is 0 Å². The van der Waals surface area contributed by atoms with Crippen LogP contribution in [0.25, 0.3) is 0 Å². The number of nitrogens with zero attached hydrogens (tertiary/aromatic N) is 3. The fourth-order valence-corrected chi connectivity index (χ4v) is 4.42. The molecular formula is C24H26ClF3N4O3. The second kappa shape index (κ2) is 10.7. The van der Waals surface area contributed by atoms with Crippen LogP contribution >= 0.6 is 12.4 Å². The van der Waals surface area contributed by atoms with Crippen molar-refractivity contribution in [1.82, 2.24) is 15.1 Å². The number of alkyl halides is 3. The molecule has 11 heteroatoms. The molecule has 0 aliphatic carbocycles. The Labute approximate surface area is 207 Å². The minimum Gasteiger partial charge on any atom is -0.368 e. The van der Waals surface area contributed by atoms with Gasteiger partial charge in [-0.15, -0.1) is 12.4 Å². The van der Waals surface area contributed by atoms with Crippen LogP contribution in [0.2, 0.25) is 0 Å². The summed E-state index contributed by atoms with van der Waals surface area (Å²) in [5.41, 5.74) is 0.243. The van der Waals surface area contributed by atoms with Gasteiger partial charge in [0.1, 0.15) is 6.04 Å². The topological polar surface area (TPSA) is 73.0 Å². The first-order valence-electron chi connectivity index (χ1n) is 11.0. The predicted molar refractivity (Wildman–Crippen MR) is 126 cm³/mol. The minimum atomic E-state index is -4.43. The standard InChI is InChI=1S/C24H25F3N4O3.ClH/c1-28-19-15-20(32)31(22(19)33)21(16-6-3-2-4-7-16)23(34)30-12-10-29(11-13-30)18-9-5-8-17(14-18)24(25,26)27;/h2-9,14,19,21,28H,10-13,15H2,1H3;1H. The molecule has 35 heavy (non-hydrogen) atoms. The van der Waals surface area contributed by atoms with Crippen LogP contribution in [0.5, 0.6) is 0 Å². The summed E-state index contributed by atoms with van der Waals surface area (Å²) < 4.78 is 39.2.